The largest absolute Gasteiger partial charge is 0.393 e. The van der Waals surface area contributed by atoms with Crippen molar-refractivity contribution in [3.05, 3.63) is 53.1 Å². The predicted molar refractivity (Wildman–Crippen MR) is 72.7 cm³/mol. The molecule has 0 saturated heterocycles. The van der Waals surface area contributed by atoms with Crippen molar-refractivity contribution < 1.29 is 5.11 Å². The van der Waals surface area contributed by atoms with Gasteiger partial charge in [0.05, 0.1) is 6.10 Å². The minimum Gasteiger partial charge on any atom is -0.393 e. The third kappa shape index (κ3) is 3.34. The molecule has 1 aromatic carbocycles. The highest BCUT2D eigenvalue weighted by molar-refractivity contribution is 6.31. The second-order valence-electron chi connectivity index (χ2n) is 4.44. The van der Waals surface area contributed by atoms with Crippen LogP contribution in [-0.4, -0.2) is 20.8 Å². The van der Waals surface area contributed by atoms with Crippen molar-refractivity contribution in [2.24, 2.45) is 7.05 Å². The number of nitrogens with zero attached hydrogens (tertiary/aromatic N) is 2. The van der Waals surface area contributed by atoms with Gasteiger partial charge in [0.1, 0.15) is 5.82 Å². The molecule has 0 saturated carbocycles. The fraction of sp³-hybridized carbons (Fsp3) is 0.357. The van der Waals surface area contributed by atoms with Crippen LogP contribution in [0.4, 0.5) is 0 Å². The lowest BCUT2D eigenvalue weighted by atomic mass is 10.0. The number of hydrogen-bond donors (Lipinski definition) is 1. The molecule has 0 aliphatic rings. The maximum absolute atomic E-state index is 10.0. The van der Waals surface area contributed by atoms with Crippen LogP contribution >= 0.6 is 11.6 Å². The van der Waals surface area contributed by atoms with Gasteiger partial charge in [-0.05, 0) is 24.5 Å². The first-order valence-corrected chi connectivity index (χ1v) is 6.42. The van der Waals surface area contributed by atoms with E-state index >= 15 is 0 Å². The van der Waals surface area contributed by atoms with E-state index in [9.17, 15) is 5.11 Å². The third-order valence-corrected chi connectivity index (χ3v) is 3.40. The molecule has 0 aliphatic heterocycles. The van der Waals surface area contributed by atoms with Gasteiger partial charge in [0.25, 0.3) is 0 Å². The van der Waals surface area contributed by atoms with Gasteiger partial charge >= 0.3 is 0 Å². The molecule has 0 spiro atoms. The summed E-state index contributed by atoms with van der Waals surface area (Å²) in [5, 5.41) is 10.7. The quantitative estimate of drug-likeness (QED) is 0.902. The molecule has 0 aliphatic carbocycles. The SMILES string of the molecule is Cn1ccnc1CCC(O)Cc1ccccc1Cl. The zero-order valence-corrected chi connectivity index (χ0v) is 11.1. The summed E-state index contributed by atoms with van der Waals surface area (Å²) in [6.07, 6.45) is 5.35. The summed E-state index contributed by atoms with van der Waals surface area (Å²) in [5.74, 6) is 0.994. The van der Waals surface area contributed by atoms with E-state index in [1.54, 1.807) is 6.20 Å². The van der Waals surface area contributed by atoms with Gasteiger partial charge in [-0.15, -0.1) is 0 Å². The van der Waals surface area contributed by atoms with E-state index in [-0.39, 0.29) is 6.10 Å². The van der Waals surface area contributed by atoms with Crippen molar-refractivity contribution in [1.82, 2.24) is 9.55 Å². The Morgan fingerprint density at radius 1 is 1.39 bits per heavy atom. The topological polar surface area (TPSA) is 38.0 Å². The Morgan fingerprint density at radius 2 is 2.17 bits per heavy atom. The number of rotatable bonds is 5. The molecule has 1 unspecified atom stereocenters. The van der Waals surface area contributed by atoms with Crippen LogP contribution in [0.15, 0.2) is 36.7 Å². The van der Waals surface area contributed by atoms with Gasteiger partial charge in [-0.1, -0.05) is 29.8 Å². The van der Waals surface area contributed by atoms with Crippen LogP contribution in [0.2, 0.25) is 5.02 Å². The molecule has 96 valence electrons. The third-order valence-electron chi connectivity index (χ3n) is 3.04. The number of halogens is 1. The Labute approximate surface area is 112 Å². The van der Waals surface area contributed by atoms with Gasteiger partial charge in [0, 0.05) is 30.9 Å². The highest BCUT2D eigenvalue weighted by Gasteiger charge is 2.09. The molecule has 1 N–H and O–H groups in total. The van der Waals surface area contributed by atoms with E-state index in [1.165, 1.54) is 0 Å². The molecule has 0 amide bonds. The number of aliphatic hydroxyl groups is 1. The van der Waals surface area contributed by atoms with Crippen LogP contribution in [0, 0.1) is 0 Å². The van der Waals surface area contributed by atoms with Gasteiger partial charge < -0.3 is 9.67 Å². The molecule has 1 heterocycles. The Balaban J connectivity index is 1.88. The first kappa shape index (κ1) is 13.1. The second-order valence-corrected chi connectivity index (χ2v) is 4.85. The van der Waals surface area contributed by atoms with Gasteiger partial charge in [0.15, 0.2) is 0 Å². The molecule has 2 rings (SSSR count). The van der Waals surface area contributed by atoms with Gasteiger partial charge in [0.2, 0.25) is 0 Å². The Hall–Kier alpha value is -1.32. The summed E-state index contributed by atoms with van der Waals surface area (Å²) in [7, 11) is 1.96. The normalized spacial score (nSPS) is 12.6. The maximum Gasteiger partial charge on any atom is 0.108 e. The average molecular weight is 265 g/mol. The van der Waals surface area contributed by atoms with E-state index < -0.39 is 0 Å². The number of hydrogen-bond acceptors (Lipinski definition) is 2. The lowest BCUT2D eigenvalue weighted by molar-refractivity contribution is 0.164. The first-order valence-electron chi connectivity index (χ1n) is 6.04. The van der Waals surface area contributed by atoms with Crippen LogP contribution in [-0.2, 0) is 19.9 Å². The Bertz CT molecular complexity index is 510. The molecule has 0 fully saturated rings. The molecule has 4 heteroatoms. The fourth-order valence-corrected chi connectivity index (χ4v) is 2.17. The standard InChI is InChI=1S/C14H17ClN2O/c1-17-9-8-16-14(17)7-6-12(18)10-11-4-2-3-5-13(11)15/h2-5,8-9,12,18H,6-7,10H2,1H3. The monoisotopic (exact) mass is 264 g/mol. The molecule has 1 aromatic heterocycles. The number of benzene rings is 1. The fourth-order valence-electron chi connectivity index (χ4n) is 1.95. The number of aliphatic hydroxyl groups excluding tert-OH is 1. The van der Waals surface area contributed by atoms with Crippen molar-refractivity contribution >= 4 is 11.6 Å². The van der Waals surface area contributed by atoms with Crippen LogP contribution in [0.3, 0.4) is 0 Å². The van der Waals surface area contributed by atoms with Crippen molar-refractivity contribution in [3.8, 4) is 0 Å². The summed E-state index contributed by atoms with van der Waals surface area (Å²) in [6.45, 7) is 0. The van der Waals surface area contributed by atoms with Crippen LogP contribution < -0.4 is 0 Å². The maximum atomic E-state index is 10.0. The highest BCUT2D eigenvalue weighted by Crippen LogP contribution is 2.18. The van der Waals surface area contributed by atoms with E-state index in [0.29, 0.717) is 17.9 Å². The summed E-state index contributed by atoms with van der Waals surface area (Å²) in [5.41, 5.74) is 0.992. The predicted octanol–water partition coefficient (Wildman–Crippen LogP) is 2.61. The lowest BCUT2D eigenvalue weighted by Crippen LogP contribution is -2.13. The van der Waals surface area contributed by atoms with E-state index in [1.807, 2.05) is 42.1 Å². The minimum atomic E-state index is -0.387. The summed E-state index contributed by atoms with van der Waals surface area (Å²) >= 11 is 6.07. The van der Waals surface area contributed by atoms with Crippen LogP contribution in [0.1, 0.15) is 17.8 Å². The van der Waals surface area contributed by atoms with Crippen LogP contribution in [0.5, 0.6) is 0 Å². The van der Waals surface area contributed by atoms with E-state index in [2.05, 4.69) is 4.98 Å². The molecule has 0 radical (unpaired) electrons. The van der Waals surface area contributed by atoms with E-state index in [4.69, 9.17) is 11.6 Å². The van der Waals surface area contributed by atoms with Crippen molar-refractivity contribution in [3.63, 3.8) is 0 Å². The summed E-state index contributed by atoms with van der Waals surface area (Å²) in [6, 6.07) is 7.63. The summed E-state index contributed by atoms with van der Waals surface area (Å²) in [4.78, 5) is 4.24. The smallest absolute Gasteiger partial charge is 0.108 e. The lowest BCUT2D eigenvalue weighted by Gasteiger charge is -2.11. The molecule has 1 atom stereocenters. The number of imidazole rings is 1. The summed E-state index contributed by atoms with van der Waals surface area (Å²) < 4.78 is 1.97. The van der Waals surface area contributed by atoms with Crippen molar-refractivity contribution in [2.75, 3.05) is 0 Å². The molecular weight excluding hydrogens is 248 g/mol. The molecule has 3 nitrogen and oxygen atoms in total. The second kappa shape index (κ2) is 6.03. The Morgan fingerprint density at radius 3 is 2.83 bits per heavy atom. The average Bonchev–Trinajstić information content (AvgIpc) is 2.75. The molecule has 2 aromatic rings. The molecule has 18 heavy (non-hydrogen) atoms. The number of aryl methyl sites for hydroxylation is 2. The van der Waals surface area contributed by atoms with Crippen molar-refractivity contribution in [2.45, 2.75) is 25.4 Å². The number of aromatic nitrogens is 2. The van der Waals surface area contributed by atoms with Gasteiger partial charge in [-0.2, -0.15) is 0 Å². The van der Waals surface area contributed by atoms with E-state index in [0.717, 1.165) is 17.8 Å². The zero-order valence-electron chi connectivity index (χ0n) is 10.4. The van der Waals surface area contributed by atoms with Gasteiger partial charge in [-0.25, -0.2) is 4.98 Å². The Kier molecular flexibility index (Phi) is 4.39. The van der Waals surface area contributed by atoms with Crippen molar-refractivity contribution in [1.29, 1.82) is 0 Å². The highest BCUT2D eigenvalue weighted by atomic mass is 35.5. The first-order chi connectivity index (χ1) is 8.66. The zero-order chi connectivity index (χ0) is 13.0. The molecular formula is C14H17ClN2O. The molecule has 0 bridgehead atoms. The van der Waals surface area contributed by atoms with Crippen LogP contribution in [0.25, 0.3) is 0 Å². The minimum absolute atomic E-state index is 0.387. The van der Waals surface area contributed by atoms with Gasteiger partial charge in [-0.3, -0.25) is 0 Å².